The van der Waals surface area contributed by atoms with E-state index in [4.69, 9.17) is 6.42 Å². The molecule has 0 aliphatic rings. The highest BCUT2D eigenvalue weighted by atomic mass is 16.2. The second-order valence-corrected chi connectivity index (χ2v) is 2.73. The third kappa shape index (κ3) is 3.63. The molecule has 0 aliphatic heterocycles. The minimum Gasteiger partial charge on any atom is -0.334 e. The maximum absolute atomic E-state index is 11.1. The molecule has 1 aromatic rings. The van der Waals surface area contributed by atoms with Crippen molar-refractivity contribution in [3.05, 3.63) is 35.9 Å². The SMILES string of the molecule is C#CCNC(=O)NCc1ccccc1. The van der Waals surface area contributed by atoms with Crippen LogP contribution in [-0.4, -0.2) is 12.6 Å². The van der Waals surface area contributed by atoms with E-state index in [1.807, 2.05) is 30.3 Å². The number of hydrogen-bond donors (Lipinski definition) is 2. The average molecular weight is 188 g/mol. The predicted octanol–water partition coefficient (Wildman–Crippen LogP) is 1.12. The summed E-state index contributed by atoms with van der Waals surface area (Å²) in [5, 5.41) is 5.20. The van der Waals surface area contributed by atoms with E-state index < -0.39 is 0 Å². The number of carbonyl (C=O) groups is 1. The van der Waals surface area contributed by atoms with Gasteiger partial charge in [-0.2, -0.15) is 0 Å². The fourth-order valence-corrected chi connectivity index (χ4v) is 0.972. The zero-order valence-electron chi connectivity index (χ0n) is 7.79. The Kier molecular flexibility index (Phi) is 4.09. The third-order valence-corrected chi connectivity index (χ3v) is 1.65. The van der Waals surface area contributed by atoms with Gasteiger partial charge < -0.3 is 10.6 Å². The molecule has 2 amide bonds. The van der Waals surface area contributed by atoms with Gasteiger partial charge in [-0.1, -0.05) is 36.3 Å². The summed E-state index contributed by atoms with van der Waals surface area (Å²) in [6.45, 7) is 0.762. The third-order valence-electron chi connectivity index (χ3n) is 1.65. The standard InChI is InChI=1S/C11H12N2O/c1-2-8-12-11(14)13-9-10-6-4-3-5-7-10/h1,3-7H,8-9H2,(H2,12,13,14). The molecule has 3 nitrogen and oxygen atoms in total. The highest BCUT2D eigenvalue weighted by Crippen LogP contribution is 1.96. The van der Waals surface area contributed by atoms with Crippen molar-refractivity contribution in [1.29, 1.82) is 0 Å². The molecule has 0 spiro atoms. The molecule has 14 heavy (non-hydrogen) atoms. The van der Waals surface area contributed by atoms with E-state index in [-0.39, 0.29) is 12.6 Å². The van der Waals surface area contributed by atoms with Gasteiger partial charge in [-0.3, -0.25) is 0 Å². The van der Waals surface area contributed by atoms with Gasteiger partial charge in [-0.25, -0.2) is 4.79 Å². The number of nitrogens with one attached hydrogen (secondary N) is 2. The summed E-state index contributed by atoms with van der Waals surface area (Å²) in [6.07, 6.45) is 4.99. The summed E-state index contributed by atoms with van der Waals surface area (Å²) >= 11 is 0. The lowest BCUT2D eigenvalue weighted by molar-refractivity contribution is 0.241. The lowest BCUT2D eigenvalue weighted by Gasteiger charge is -2.04. The van der Waals surface area contributed by atoms with Crippen LogP contribution in [0.4, 0.5) is 4.79 Å². The van der Waals surface area contributed by atoms with E-state index in [1.165, 1.54) is 0 Å². The summed E-state index contributed by atoms with van der Waals surface area (Å²) in [5.41, 5.74) is 1.06. The molecule has 0 bridgehead atoms. The molecule has 2 N–H and O–H groups in total. The summed E-state index contributed by atoms with van der Waals surface area (Å²) in [5.74, 6) is 2.32. The van der Waals surface area contributed by atoms with Gasteiger partial charge in [0.25, 0.3) is 0 Å². The fourth-order valence-electron chi connectivity index (χ4n) is 0.972. The molecule has 0 heterocycles. The number of carbonyl (C=O) groups excluding carboxylic acids is 1. The summed E-state index contributed by atoms with van der Waals surface area (Å²) < 4.78 is 0. The quantitative estimate of drug-likeness (QED) is 0.686. The Labute approximate surface area is 83.5 Å². The Bertz CT molecular complexity index is 327. The van der Waals surface area contributed by atoms with E-state index in [9.17, 15) is 4.79 Å². The molecule has 0 unspecified atom stereocenters. The largest absolute Gasteiger partial charge is 0.334 e. The predicted molar refractivity (Wildman–Crippen MR) is 55.5 cm³/mol. The Morgan fingerprint density at radius 3 is 2.64 bits per heavy atom. The van der Waals surface area contributed by atoms with E-state index in [0.29, 0.717) is 6.54 Å². The first-order valence-electron chi connectivity index (χ1n) is 4.32. The van der Waals surface area contributed by atoms with Crippen LogP contribution in [0.15, 0.2) is 30.3 Å². The second-order valence-electron chi connectivity index (χ2n) is 2.73. The maximum atomic E-state index is 11.1. The van der Waals surface area contributed by atoms with Crippen LogP contribution in [-0.2, 0) is 6.54 Å². The zero-order chi connectivity index (χ0) is 10.2. The van der Waals surface area contributed by atoms with Gasteiger partial charge >= 0.3 is 6.03 Å². The van der Waals surface area contributed by atoms with E-state index in [2.05, 4.69) is 16.6 Å². The van der Waals surface area contributed by atoms with Crippen LogP contribution in [0.1, 0.15) is 5.56 Å². The Morgan fingerprint density at radius 2 is 2.00 bits per heavy atom. The zero-order valence-corrected chi connectivity index (χ0v) is 7.79. The lowest BCUT2D eigenvalue weighted by Crippen LogP contribution is -2.35. The summed E-state index contributed by atoms with van der Waals surface area (Å²) in [4.78, 5) is 11.1. The molecule has 0 aliphatic carbocycles. The van der Waals surface area contributed by atoms with Gasteiger partial charge in [0.2, 0.25) is 0 Å². The molecule has 72 valence electrons. The molecule has 0 fully saturated rings. The Hall–Kier alpha value is -1.95. The van der Waals surface area contributed by atoms with Crippen molar-refractivity contribution in [2.24, 2.45) is 0 Å². The van der Waals surface area contributed by atoms with Crippen molar-refractivity contribution >= 4 is 6.03 Å². The minimum absolute atomic E-state index is 0.244. The smallest absolute Gasteiger partial charge is 0.315 e. The van der Waals surface area contributed by atoms with Gasteiger partial charge in [-0.15, -0.1) is 6.42 Å². The van der Waals surface area contributed by atoms with Crippen molar-refractivity contribution in [3.63, 3.8) is 0 Å². The van der Waals surface area contributed by atoms with Gasteiger partial charge in [0, 0.05) is 6.54 Å². The molecule has 0 aromatic heterocycles. The minimum atomic E-state index is -0.244. The van der Waals surface area contributed by atoms with Gasteiger partial charge in [0.1, 0.15) is 0 Å². The Balaban J connectivity index is 2.28. The average Bonchev–Trinajstić information content (AvgIpc) is 2.25. The van der Waals surface area contributed by atoms with Crippen molar-refractivity contribution in [1.82, 2.24) is 10.6 Å². The van der Waals surface area contributed by atoms with Crippen molar-refractivity contribution in [2.45, 2.75) is 6.54 Å². The fraction of sp³-hybridized carbons (Fsp3) is 0.182. The first kappa shape index (κ1) is 10.1. The van der Waals surface area contributed by atoms with Crippen LogP contribution >= 0.6 is 0 Å². The molecule has 0 saturated carbocycles. The van der Waals surface area contributed by atoms with Crippen LogP contribution in [0, 0.1) is 12.3 Å². The topological polar surface area (TPSA) is 41.1 Å². The van der Waals surface area contributed by atoms with Crippen molar-refractivity contribution in [3.8, 4) is 12.3 Å². The molecular weight excluding hydrogens is 176 g/mol. The molecule has 1 rings (SSSR count). The number of terminal acetylenes is 1. The molecule has 0 atom stereocenters. The number of urea groups is 1. The first-order valence-corrected chi connectivity index (χ1v) is 4.32. The molecule has 1 aromatic carbocycles. The van der Waals surface area contributed by atoms with Crippen LogP contribution in [0.5, 0.6) is 0 Å². The normalized spacial score (nSPS) is 8.79. The first-order chi connectivity index (χ1) is 6.83. The van der Waals surface area contributed by atoms with Crippen molar-refractivity contribution in [2.75, 3.05) is 6.54 Å². The van der Waals surface area contributed by atoms with Gasteiger partial charge in [-0.05, 0) is 5.56 Å². The number of rotatable bonds is 3. The number of hydrogen-bond acceptors (Lipinski definition) is 1. The summed E-state index contributed by atoms with van der Waals surface area (Å²) in [7, 11) is 0. The molecule has 0 saturated heterocycles. The highest BCUT2D eigenvalue weighted by molar-refractivity contribution is 5.74. The van der Waals surface area contributed by atoms with Crippen LogP contribution < -0.4 is 10.6 Å². The van der Waals surface area contributed by atoms with Crippen LogP contribution in [0.3, 0.4) is 0 Å². The second kappa shape index (κ2) is 5.65. The van der Waals surface area contributed by atoms with Crippen LogP contribution in [0.2, 0.25) is 0 Å². The highest BCUT2D eigenvalue weighted by Gasteiger charge is 1.96. The number of amides is 2. The maximum Gasteiger partial charge on any atom is 0.315 e. The van der Waals surface area contributed by atoms with E-state index in [0.717, 1.165) is 5.56 Å². The monoisotopic (exact) mass is 188 g/mol. The molecule has 0 radical (unpaired) electrons. The van der Waals surface area contributed by atoms with E-state index >= 15 is 0 Å². The lowest BCUT2D eigenvalue weighted by atomic mass is 10.2. The summed E-state index contributed by atoms with van der Waals surface area (Å²) in [6, 6.07) is 9.43. The van der Waals surface area contributed by atoms with E-state index in [1.54, 1.807) is 0 Å². The van der Waals surface area contributed by atoms with Crippen LogP contribution in [0.25, 0.3) is 0 Å². The molecule has 3 heteroatoms. The molecular formula is C11H12N2O. The van der Waals surface area contributed by atoms with Crippen molar-refractivity contribution < 1.29 is 4.79 Å². The van der Waals surface area contributed by atoms with Gasteiger partial charge in [0.05, 0.1) is 6.54 Å². The van der Waals surface area contributed by atoms with Gasteiger partial charge in [0.15, 0.2) is 0 Å². The number of benzene rings is 1. The Morgan fingerprint density at radius 1 is 1.29 bits per heavy atom.